The third kappa shape index (κ3) is 25.4. The summed E-state index contributed by atoms with van der Waals surface area (Å²) in [6.45, 7) is 7.76. The molecule has 23 nitrogen and oxygen atoms in total. The van der Waals surface area contributed by atoms with E-state index < -0.39 is 12.1 Å². The molecule has 9 N–H and O–H groups in total. The molecular weight excluding hydrogens is 828 g/mol. The highest BCUT2D eigenvalue weighted by Crippen LogP contribution is 2.33. The fourth-order valence-electron chi connectivity index (χ4n) is 5.13. The molecular formula is C33H58F3N13O10S. The highest BCUT2D eigenvalue weighted by molar-refractivity contribution is 8.00. The van der Waals surface area contributed by atoms with Gasteiger partial charge in [0.2, 0.25) is 23.8 Å². The van der Waals surface area contributed by atoms with E-state index in [0.717, 1.165) is 25.0 Å². The number of carboxylic acids is 1. The summed E-state index contributed by atoms with van der Waals surface area (Å²) >= 11 is 1.89. The van der Waals surface area contributed by atoms with Crippen molar-refractivity contribution >= 4 is 47.5 Å². The molecule has 1 aromatic rings. The maximum atomic E-state index is 12.1. The van der Waals surface area contributed by atoms with Crippen molar-refractivity contribution in [1.82, 2.24) is 30.9 Å². The second-order valence-corrected chi connectivity index (χ2v) is 13.8. The summed E-state index contributed by atoms with van der Waals surface area (Å²) in [5.41, 5.74) is 13.8. The van der Waals surface area contributed by atoms with E-state index in [1.54, 1.807) is 0 Å². The van der Waals surface area contributed by atoms with Crippen molar-refractivity contribution in [1.29, 1.82) is 0 Å². The normalized spacial score (nSPS) is 16.7. The maximum Gasteiger partial charge on any atom is 0.490 e. The summed E-state index contributed by atoms with van der Waals surface area (Å²) in [4.78, 5) is 48.3. The zero-order valence-corrected chi connectivity index (χ0v) is 34.2. The first-order valence-corrected chi connectivity index (χ1v) is 20.5. The van der Waals surface area contributed by atoms with Gasteiger partial charge in [0.25, 0.3) is 0 Å². The number of azide groups is 1. The number of thioether (sulfide) groups is 1. The van der Waals surface area contributed by atoms with Gasteiger partial charge in [0.1, 0.15) is 0 Å². The lowest BCUT2D eigenvalue weighted by molar-refractivity contribution is -0.192. The Hall–Kier alpha value is -4.21. The van der Waals surface area contributed by atoms with Gasteiger partial charge in [-0.3, -0.25) is 4.79 Å². The Morgan fingerprint density at radius 2 is 1.28 bits per heavy atom. The number of aromatic nitrogens is 3. The lowest BCUT2D eigenvalue weighted by atomic mass is 10.0. The fraction of sp³-hybridized carbons (Fsp3) is 0.818. The number of nitrogens with two attached hydrogens (primary N) is 1. The third-order valence-electron chi connectivity index (χ3n) is 7.90. The predicted molar refractivity (Wildman–Crippen MR) is 214 cm³/mol. The monoisotopic (exact) mass is 885 g/mol. The highest BCUT2D eigenvalue weighted by atomic mass is 32.2. The number of aliphatic carboxylic acids is 1. The number of fused-ring (bicyclic) bond motifs is 1. The van der Waals surface area contributed by atoms with E-state index in [2.05, 4.69) is 56.9 Å². The summed E-state index contributed by atoms with van der Waals surface area (Å²) in [5.74, 6) is -0.599. The molecule has 0 spiro atoms. The molecule has 0 radical (unpaired) electrons. The zero-order chi connectivity index (χ0) is 43.7. The largest absolute Gasteiger partial charge is 0.490 e. The molecule has 60 heavy (non-hydrogen) atoms. The smallest absolute Gasteiger partial charge is 0.475 e. The molecule has 27 heteroatoms. The highest BCUT2D eigenvalue weighted by Gasteiger charge is 2.42. The van der Waals surface area contributed by atoms with Crippen molar-refractivity contribution in [2.75, 3.05) is 140 Å². The summed E-state index contributed by atoms with van der Waals surface area (Å²) in [7, 11) is 0. The number of nitrogens with zero attached hydrogens (tertiary/aromatic N) is 6. The molecule has 0 unspecified atom stereocenters. The van der Waals surface area contributed by atoms with Crippen LogP contribution < -0.4 is 37.6 Å². The molecule has 0 aromatic carbocycles. The van der Waals surface area contributed by atoms with Gasteiger partial charge in [0.15, 0.2) is 0 Å². The van der Waals surface area contributed by atoms with Gasteiger partial charge < -0.3 is 71.2 Å². The summed E-state index contributed by atoms with van der Waals surface area (Å²) in [5, 5.41) is 29.1. The molecule has 2 saturated heterocycles. The molecule has 1 aromatic heterocycles. The molecule has 3 atom stereocenters. The van der Waals surface area contributed by atoms with Gasteiger partial charge in [-0.05, 0) is 18.4 Å². The topological polar surface area (TPSA) is 312 Å². The van der Waals surface area contributed by atoms with Gasteiger partial charge in [-0.1, -0.05) is 11.5 Å². The Balaban J connectivity index is 0.00000162. The minimum Gasteiger partial charge on any atom is -0.475 e. The van der Waals surface area contributed by atoms with Crippen LogP contribution in [-0.2, 0) is 38.0 Å². The quantitative estimate of drug-likeness (QED) is 0.0157. The van der Waals surface area contributed by atoms with Gasteiger partial charge in [0.05, 0.1) is 91.4 Å². The third-order valence-corrected chi connectivity index (χ3v) is 9.41. The number of halogens is 3. The van der Waals surface area contributed by atoms with E-state index in [4.69, 9.17) is 49.6 Å². The lowest BCUT2D eigenvalue weighted by Crippen LogP contribution is -2.36. The molecule has 2 aliphatic heterocycles. The number of unbranched alkanes of at least 4 members (excludes halogenated alkanes) is 1. The molecule has 3 heterocycles. The van der Waals surface area contributed by atoms with E-state index >= 15 is 0 Å². The Kier molecular flexibility index (Phi) is 28.2. The SMILES string of the molecule is O=C(O)C(F)(F)F.[N-]=[N+]=NCCOCCOCCOCCNc1nc(NCCN)nc(NCCOCCOCCOCCNC(=O)CCCC[C@@H]2SC[C@@H]3NC(=O)N[C@@H]32)n1. The van der Waals surface area contributed by atoms with Crippen LogP contribution in [0.15, 0.2) is 5.11 Å². The van der Waals surface area contributed by atoms with E-state index in [0.29, 0.717) is 148 Å². The Morgan fingerprint density at radius 3 is 1.78 bits per heavy atom. The second kappa shape index (κ2) is 32.5. The Bertz CT molecular complexity index is 1410. The molecule has 0 saturated carbocycles. The van der Waals surface area contributed by atoms with Crippen molar-refractivity contribution in [3.05, 3.63) is 10.4 Å². The number of anilines is 3. The van der Waals surface area contributed by atoms with Crippen LogP contribution in [0, 0.1) is 0 Å². The molecule has 3 rings (SSSR count). The summed E-state index contributed by atoms with van der Waals surface area (Å²) in [6, 6.07) is 0.379. The average molecular weight is 886 g/mol. The van der Waals surface area contributed by atoms with E-state index in [9.17, 15) is 22.8 Å². The number of carboxylic acid groups (broad SMARTS) is 1. The van der Waals surface area contributed by atoms with Crippen LogP contribution in [0.2, 0.25) is 0 Å². The van der Waals surface area contributed by atoms with E-state index in [-0.39, 0.29) is 24.0 Å². The van der Waals surface area contributed by atoms with Gasteiger partial charge in [-0.15, -0.1) is 0 Å². The fourth-order valence-corrected chi connectivity index (χ4v) is 6.67. The summed E-state index contributed by atoms with van der Waals surface area (Å²) in [6.07, 6.45) is -1.80. The predicted octanol–water partition coefficient (Wildman–Crippen LogP) is 0.951. The number of rotatable bonds is 34. The van der Waals surface area contributed by atoms with Crippen molar-refractivity contribution in [3.63, 3.8) is 0 Å². The number of urea groups is 1. The lowest BCUT2D eigenvalue weighted by Gasteiger charge is -2.16. The number of carbonyl (C=O) groups is 3. The minimum absolute atomic E-state index is 0.0290. The zero-order valence-electron chi connectivity index (χ0n) is 33.4. The van der Waals surface area contributed by atoms with E-state index in [1.165, 1.54) is 0 Å². The van der Waals surface area contributed by atoms with Crippen LogP contribution >= 0.6 is 11.8 Å². The van der Waals surface area contributed by atoms with Crippen molar-refractivity contribution < 1.29 is 61.1 Å². The number of carbonyl (C=O) groups excluding carboxylic acids is 2. The minimum atomic E-state index is -5.08. The first kappa shape index (κ1) is 51.9. The van der Waals surface area contributed by atoms with Gasteiger partial charge in [-0.2, -0.15) is 39.9 Å². The first-order valence-electron chi connectivity index (χ1n) is 19.4. The van der Waals surface area contributed by atoms with Crippen LogP contribution in [0.3, 0.4) is 0 Å². The van der Waals surface area contributed by atoms with E-state index in [1.807, 2.05) is 11.8 Å². The van der Waals surface area contributed by atoms with Gasteiger partial charge >= 0.3 is 18.2 Å². The Morgan fingerprint density at radius 1 is 0.800 bits per heavy atom. The first-order chi connectivity index (χ1) is 29.0. The van der Waals surface area contributed by atoms with Crippen LogP contribution in [0.5, 0.6) is 0 Å². The molecule has 3 amide bonds. The summed E-state index contributed by atoms with van der Waals surface area (Å²) < 4.78 is 64.7. The second-order valence-electron chi connectivity index (χ2n) is 12.5. The molecule has 2 aliphatic rings. The molecule has 0 bridgehead atoms. The van der Waals surface area contributed by atoms with Crippen LogP contribution in [0.1, 0.15) is 25.7 Å². The maximum absolute atomic E-state index is 12.1. The molecule has 2 fully saturated rings. The number of ether oxygens (including phenoxy) is 6. The van der Waals surface area contributed by atoms with Crippen LogP contribution in [0.4, 0.5) is 35.8 Å². The van der Waals surface area contributed by atoms with Crippen LogP contribution in [0.25, 0.3) is 10.4 Å². The number of amides is 3. The average Bonchev–Trinajstić information content (AvgIpc) is 3.78. The van der Waals surface area contributed by atoms with Crippen LogP contribution in [-0.4, -0.2) is 186 Å². The molecule has 0 aliphatic carbocycles. The van der Waals surface area contributed by atoms with Crippen molar-refractivity contribution in [2.45, 2.75) is 49.2 Å². The number of nitrogens with one attached hydrogen (secondary N) is 6. The molecule has 342 valence electrons. The standard InChI is InChI=1S/C31H57N13O8S.C2HF3O2/c32-5-6-35-28-41-29(43-30(42-28)37-9-13-49-17-21-52-22-18-50-14-10-38-44-33)36-8-12-48-16-20-51-19-15-47-11-7-34-26(45)4-2-1-3-25-27-24(23-53-25)39-31(46)40-27;3-2(4,5)1(6)7/h24-25,27H,1-23,32H2,(H,34,45)(H2,39,40,46)(H3,35,36,37,41,42,43);(H,6,7)/t24-,25-,27-;/m0./s1. The number of hydrogen-bond donors (Lipinski definition) is 8. The van der Waals surface area contributed by atoms with Gasteiger partial charge in [0, 0.05) is 61.6 Å². The van der Waals surface area contributed by atoms with Crippen molar-refractivity contribution in [2.24, 2.45) is 10.8 Å². The van der Waals surface area contributed by atoms with Gasteiger partial charge in [-0.25, -0.2) is 9.59 Å². The van der Waals surface area contributed by atoms with Crippen molar-refractivity contribution in [3.8, 4) is 0 Å². The number of alkyl halides is 3. The Labute approximate surface area is 349 Å². The number of hydrogen-bond acceptors (Lipinski definition) is 18.